The Balaban J connectivity index is 2.50. The lowest BCUT2D eigenvalue weighted by molar-refractivity contribution is -0.384. The monoisotopic (exact) mass is 262 g/mol. The van der Waals surface area contributed by atoms with Gasteiger partial charge in [-0.15, -0.1) is 0 Å². The number of anilines is 2. The quantitative estimate of drug-likeness (QED) is 0.620. The van der Waals surface area contributed by atoms with Crippen LogP contribution in [0.25, 0.3) is 0 Å². The highest BCUT2D eigenvalue weighted by atomic mass is 35.5. The van der Waals surface area contributed by atoms with Gasteiger partial charge in [-0.25, -0.2) is 0 Å². The van der Waals surface area contributed by atoms with E-state index in [0.717, 1.165) is 5.69 Å². The van der Waals surface area contributed by atoms with Gasteiger partial charge < -0.3 is 4.90 Å². The van der Waals surface area contributed by atoms with Crippen LogP contribution in [-0.2, 0) is 0 Å². The highest BCUT2D eigenvalue weighted by molar-refractivity contribution is 6.31. The molecule has 0 aliphatic rings. The first-order valence-electron chi connectivity index (χ1n) is 5.32. The summed E-state index contributed by atoms with van der Waals surface area (Å²) in [4.78, 5) is 12.3. The van der Waals surface area contributed by atoms with Gasteiger partial charge in [-0.05, 0) is 24.3 Å². The Morgan fingerprint density at radius 1 is 1.17 bits per heavy atom. The van der Waals surface area contributed by atoms with Crippen molar-refractivity contribution in [2.24, 2.45) is 0 Å². The summed E-state index contributed by atoms with van der Waals surface area (Å²) in [5.41, 5.74) is 1.37. The summed E-state index contributed by atoms with van der Waals surface area (Å²) >= 11 is 5.90. The normalized spacial score (nSPS) is 10.1. The van der Waals surface area contributed by atoms with E-state index >= 15 is 0 Å². The van der Waals surface area contributed by atoms with Crippen molar-refractivity contribution >= 4 is 28.7 Å². The van der Waals surface area contributed by atoms with E-state index in [9.17, 15) is 10.1 Å². The van der Waals surface area contributed by atoms with E-state index in [1.165, 1.54) is 12.1 Å². The lowest BCUT2D eigenvalue weighted by atomic mass is 10.2. The van der Waals surface area contributed by atoms with E-state index in [4.69, 9.17) is 11.6 Å². The molecular formula is C13H11ClN2O2. The molecule has 0 fully saturated rings. The number of para-hydroxylation sites is 1. The second-order valence-corrected chi connectivity index (χ2v) is 4.22. The standard InChI is InChI=1S/C13H11ClN2O2/c1-15(11-5-3-2-4-6-11)13-9-10(14)7-8-12(13)16(17)18/h2-9H,1H3. The summed E-state index contributed by atoms with van der Waals surface area (Å²) in [5, 5.41) is 11.5. The van der Waals surface area contributed by atoms with Gasteiger partial charge >= 0.3 is 0 Å². The van der Waals surface area contributed by atoms with Crippen LogP contribution >= 0.6 is 11.6 Å². The predicted octanol–water partition coefficient (Wildman–Crippen LogP) is 4.02. The minimum Gasteiger partial charge on any atom is -0.339 e. The first-order chi connectivity index (χ1) is 8.59. The molecule has 0 spiro atoms. The van der Waals surface area contributed by atoms with E-state index < -0.39 is 4.92 Å². The second kappa shape index (κ2) is 5.06. The Kier molecular flexibility index (Phi) is 3.48. The number of nitro groups is 1. The van der Waals surface area contributed by atoms with Crippen LogP contribution in [0.3, 0.4) is 0 Å². The average Bonchev–Trinajstić information content (AvgIpc) is 2.38. The van der Waals surface area contributed by atoms with Crippen molar-refractivity contribution in [2.45, 2.75) is 0 Å². The molecule has 18 heavy (non-hydrogen) atoms. The largest absolute Gasteiger partial charge is 0.339 e. The maximum absolute atomic E-state index is 11.0. The third-order valence-electron chi connectivity index (χ3n) is 2.64. The van der Waals surface area contributed by atoms with Gasteiger partial charge in [-0.1, -0.05) is 29.8 Å². The van der Waals surface area contributed by atoms with Crippen LogP contribution in [0.1, 0.15) is 0 Å². The molecule has 0 heterocycles. The van der Waals surface area contributed by atoms with Gasteiger partial charge in [0.2, 0.25) is 0 Å². The van der Waals surface area contributed by atoms with Crippen molar-refractivity contribution in [3.8, 4) is 0 Å². The molecule has 0 saturated heterocycles. The molecule has 2 aromatic carbocycles. The zero-order chi connectivity index (χ0) is 13.1. The smallest absolute Gasteiger partial charge is 0.292 e. The van der Waals surface area contributed by atoms with Crippen LogP contribution in [0.4, 0.5) is 17.1 Å². The van der Waals surface area contributed by atoms with E-state index in [1.807, 2.05) is 30.3 Å². The number of nitrogens with zero attached hydrogens (tertiary/aromatic N) is 2. The second-order valence-electron chi connectivity index (χ2n) is 3.78. The molecule has 0 aromatic heterocycles. The molecule has 4 nitrogen and oxygen atoms in total. The molecular weight excluding hydrogens is 252 g/mol. The fraction of sp³-hybridized carbons (Fsp3) is 0.0769. The maximum atomic E-state index is 11.0. The Morgan fingerprint density at radius 2 is 1.83 bits per heavy atom. The summed E-state index contributed by atoms with van der Waals surface area (Å²) < 4.78 is 0. The Morgan fingerprint density at radius 3 is 2.44 bits per heavy atom. The Labute approximate surface area is 110 Å². The number of rotatable bonds is 3. The number of halogens is 1. The number of nitro benzene ring substituents is 1. The average molecular weight is 263 g/mol. The first-order valence-corrected chi connectivity index (χ1v) is 5.70. The van der Waals surface area contributed by atoms with E-state index in [2.05, 4.69) is 0 Å². The maximum Gasteiger partial charge on any atom is 0.292 e. The molecule has 0 aliphatic heterocycles. The minimum atomic E-state index is -0.412. The number of hydrogen-bond donors (Lipinski definition) is 0. The molecule has 0 amide bonds. The van der Waals surface area contributed by atoms with Crippen LogP contribution in [-0.4, -0.2) is 12.0 Å². The lowest BCUT2D eigenvalue weighted by Gasteiger charge is -2.19. The van der Waals surface area contributed by atoms with Gasteiger partial charge in [0, 0.05) is 23.8 Å². The Hall–Kier alpha value is -2.07. The van der Waals surface area contributed by atoms with Crippen LogP contribution in [0.2, 0.25) is 5.02 Å². The zero-order valence-electron chi connectivity index (χ0n) is 9.71. The first kappa shape index (κ1) is 12.4. The Bertz CT molecular complexity index is 572. The molecule has 2 rings (SSSR count). The van der Waals surface area contributed by atoms with Crippen molar-refractivity contribution in [3.63, 3.8) is 0 Å². The fourth-order valence-electron chi connectivity index (χ4n) is 1.71. The van der Waals surface area contributed by atoms with Gasteiger partial charge in [0.1, 0.15) is 5.69 Å². The molecule has 2 aromatic rings. The third kappa shape index (κ3) is 2.43. The molecule has 0 bridgehead atoms. The van der Waals surface area contributed by atoms with Gasteiger partial charge in [0.25, 0.3) is 5.69 Å². The van der Waals surface area contributed by atoms with E-state index in [-0.39, 0.29) is 5.69 Å². The van der Waals surface area contributed by atoms with E-state index in [1.54, 1.807) is 18.0 Å². The van der Waals surface area contributed by atoms with Crippen LogP contribution in [0.15, 0.2) is 48.5 Å². The van der Waals surface area contributed by atoms with Gasteiger partial charge in [0.05, 0.1) is 4.92 Å². The third-order valence-corrected chi connectivity index (χ3v) is 2.87. The molecule has 5 heteroatoms. The molecule has 0 radical (unpaired) electrons. The van der Waals surface area contributed by atoms with Gasteiger partial charge in [0.15, 0.2) is 0 Å². The van der Waals surface area contributed by atoms with Crippen LogP contribution in [0, 0.1) is 10.1 Å². The van der Waals surface area contributed by atoms with Crippen LogP contribution in [0.5, 0.6) is 0 Å². The minimum absolute atomic E-state index is 0.0331. The summed E-state index contributed by atoms with van der Waals surface area (Å²) in [7, 11) is 1.77. The van der Waals surface area contributed by atoms with Crippen LogP contribution < -0.4 is 4.90 Å². The van der Waals surface area contributed by atoms with Gasteiger partial charge in [-0.2, -0.15) is 0 Å². The highest BCUT2D eigenvalue weighted by Gasteiger charge is 2.18. The molecule has 0 atom stereocenters. The zero-order valence-corrected chi connectivity index (χ0v) is 10.5. The number of benzene rings is 2. The lowest BCUT2D eigenvalue weighted by Crippen LogP contribution is -2.11. The summed E-state index contributed by atoms with van der Waals surface area (Å²) in [6.45, 7) is 0. The molecule has 92 valence electrons. The molecule has 0 aliphatic carbocycles. The topological polar surface area (TPSA) is 46.4 Å². The predicted molar refractivity (Wildman–Crippen MR) is 72.6 cm³/mol. The SMILES string of the molecule is CN(c1ccccc1)c1cc(Cl)ccc1[N+](=O)[O-]. The van der Waals surface area contributed by atoms with Crippen molar-refractivity contribution in [1.29, 1.82) is 0 Å². The summed E-state index contributed by atoms with van der Waals surface area (Å²) in [6.07, 6.45) is 0. The van der Waals surface area contributed by atoms with Crippen molar-refractivity contribution in [3.05, 3.63) is 63.7 Å². The molecule has 0 unspecified atom stereocenters. The van der Waals surface area contributed by atoms with Gasteiger partial charge in [-0.3, -0.25) is 10.1 Å². The summed E-state index contributed by atoms with van der Waals surface area (Å²) in [5.74, 6) is 0. The molecule has 0 N–H and O–H groups in total. The highest BCUT2D eigenvalue weighted by Crippen LogP contribution is 2.34. The van der Waals surface area contributed by atoms with E-state index in [0.29, 0.717) is 10.7 Å². The van der Waals surface area contributed by atoms with Crippen molar-refractivity contribution in [1.82, 2.24) is 0 Å². The summed E-state index contributed by atoms with van der Waals surface area (Å²) in [6, 6.07) is 13.9. The van der Waals surface area contributed by atoms with Crippen molar-refractivity contribution < 1.29 is 4.92 Å². The number of hydrogen-bond acceptors (Lipinski definition) is 3. The molecule has 0 saturated carbocycles. The fourth-order valence-corrected chi connectivity index (χ4v) is 1.88. The van der Waals surface area contributed by atoms with Crippen molar-refractivity contribution in [2.75, 3.05) is 11.9 Å².